The largest absolute Gasteiger partial charge is 0.352 e. The molecule has 88 valence electrons. The van der Waals surface area contributed by atoms with Gasteiger partial charge in [-0.25, -0.2) is 4.39 Å². The predicted molar refractivity (Wildman–Crippen MR) is 68.1 cm³/mol. The lowest BCUT2D eigenvalue weighted by Crippen LogP contribution is -2.01. The van der Waals surface area contributed by atoms with Crippen LogP contribution in [0.25, 0.3) is 10.9 Å². The van der Waals surface area contributed by atoms with E-state index in [1.165, 1.54) is 18.2 Å². The molecular weight excluding hydrogens is 229 g/mol. The minimum atomic E-state index is -0.406. The van der Waals surface area contributed by atoms with E-state index in [-0.39, 0.29) is 5.78 Å². The monoisotopic (exact) mass is 239 g/mol. The average molecular weight is 239 g/mol. The maximum Gasteiger partial charge on any atom is 0.209 e. The van der Waals surface area contributed by atoms with E-state index < -0.39 is 5.82 Å². The fourth-order valence-corrected chi connectivity index (χ4v) is 1.98. The number of H-pyrrole nitrogens is 1. The van der Waals surface area contributed by atoms with E-state index in [2.05, 4.69) is 4.98 Å². The number of benzene rings is 2. The summed E-state index contributed by atoms with van der Waals surface area (Å²) in [7, 11) is 0. The van der Waals surface area contributed by atoms with E-state index >= 15 is 0 Å². The number of nitrogens with one attached hydrogen (secondary N) is 1. The molecule has 2 aromatic carbocycles. The standard InChI is InChI=1S/C15H10FNO/c16-12-6-3-5-11(8-12)15(18)14-9-10-4-1-2-7-13(10)17-14/h1-9,17H. The number of aromatic nitrogens is 1. The summed E-state index contributed by atoms with van der Waals surface area (Å²) in [5.41, 5.74) is 1.72. The van der Waals surface area contributed by atoms with Crippen molar-refractivity contribution in [2.45, 2.75) is 0 Å². The second kappa shape index (κ2) is 4.11. The Bertz CT molecular complexity index is 697. The second-order valence-corrected chi connectivity index (χ2v) is 4.11. The maximum atomic E-state index is 13.1. The smallest absolute Gasteiger partial charge is 0.209 e. The summed E-state index contributed by atoms with van der Waals surface area (Å²) in [6.07, 6.45) is 0. The minimum Gasteiger partial charge on any atom is -0.352 e. The Morgan fingerprint density at radius 2 is 1.83 bits per heavy atom. The van der Waals surface area contributed by atoms with Crippen LogP contribution in [0.2, 0.25) is 0 Å². The van der Waals surface area contributed by atoms with Crippen LogP contribution in [0.3, 0.4) is 0 Å². The number of carbonyl (C=O) groups is 1. The number of hydrogen-bond donors (Lipinski definition) is 1. The Labute approximate surface area is 103 Å². The first-order chi connectivity index (χ1) is 8.74. The van der Waals surface area contributed by atoms with E-state index in [0.717, 1.165) is 10.9 Å². The molecule has 0 amide bonds. The molecule has 2 nitrogen and oxygen atoms in total. The third kappa shape index (κ3) is 1.80. The van der Waals surface area contributed by atoms with Crippen molar-refractivity contribution in [1.82, 2.24) is 4.98 Å². The zero-order valence-corrected chi connectivity index (χ0v) is 9.48. The molecule has 1 N–H and O–H groups in total. The molecule has 1 heterocycles. The normalized spacial score (nSPS) is 10.7. The zero-order valence-electron chi connectivity index (χ0n) is 9.48. The molecule has 0 atom stereocenters. The molecule has 0 fully saturated rings. The first-order valence-electron chi connectivity index (χ1n) is 5.62. The highest BCUT2D eigenvalue weighted by molar-refractivity contribution is 6.10. The maximum absolute atomic E-state index is 13.1. The number of hydrogen-bond acceptors (Lipinski definition) is 1. The molecule has 0 aliphatic heterocycles. The van der Waals surface area contributed by atoms with Crippen molar-refractivity contribution in [3.8, 4) is 0 Å². The summed E-state index contributed by atoms with van der Waals surface area (Å²) < 4.78 is 13.1. The summed E-state index contributed by atoms with van der Waals surface area (Å²) in [4.78, 5) is 15.2. The molecule has 0 radical (unpaired) electrons. The van der Waals surface area contributed by atoms with Gasteiger partial charge in [0, 0.05) is 16.5 Å². The van der Waals surface area contributed by atoms with Gasteiger partial charge in [0.05, 0.1) is 5.69 Å². The first kappa shape index (κ1) is 10.7. The Kier molecular flexibility index (Phi) is 2.45. The SMILES string of the molecule is O=C(c1cccc(F)c1)c1cc2ccccc2[nH]1. The van der Waals surface area contributed by atoms with Gasteiger partial charge in [0.1, 0.15) is 5.82 Å². The van der Waals surface area contributed by atoms with Crippen LogP contribution in [-0.4, -0.2) is 10.8 Å². The number of ketones is 1. The topological polar surface area (TPSA) is 32.9 Å². The van der Waals surface area contributed by atoms with Gasteiger partial charge in [-0.1, -0.05) is 30.3 Å². The Hall–Kier alpha value is -2.42. The van der Waals surface area contributed by atoms with Crippen molar-refractivity contribution in [2.75, 3.05) is 0 Å². The van der Waals surface area contributed by atoms with Gasteiger partial charge in [-0.15, -0.1) is 0 Å². The summed E-state index contributed by atoms with van der Waals surface area (Å²) in [5, 5.41) is 0.970. The zero-order chi connectivity index (χ0) is 12.5. The highest BCUT2D eigenvalue weighted by Gasteiger charge is 2.12. The molecule has 3 aromatic rings. The number of carbonyl (C=O) groups excluding carboxylic acids is 1. The lowest BCUT2D eigenvalue weighted by Gasteiger charge is -1.98. The molecular formula is C15H10FNO. The molecule has 0 saturated heterocycles. The van der Waals surface area contributed by atoms with Gasteiger partial charge in [-0.3, -0.25) is 4.79 Å². The van der Waals surface area contributed by atoms with Crippen LogP contribution in [0.5, 0.6) is 0 Å². The predicted octanol–water partition coefficient (Wildman–Crippen LogP) is 3.54. The lowest BCUT2D eigenvalue weighted by atomic mass is 10.1. The van der Waals surface area contributed by atoms with Crippen molar-refractivity contribution in [3.63, 3.8) is 0 Å². The van der Waals surface area contributed by atoms with Crippen molar-refractivity contribution in [2.24, 2.45) is 0 Å². The highest BCUT2D eigenvalue weighted by atomic mass is 19.1. The summed E-state index contributed by atoms with van der Waals surface area (Å²) >= 11 is 0. The van der Waals surface area contributed by atoms with Crippen LogP contribution in [-0.2, 0) is 0 Å². The van der Waals surface area contributed by atoms with Gasteiger partial charge >= 0.3 is 0 Å². The van der Waals surface area contributed by atoms with Gasteiger partial charge in [0.2, 0.25) is 5.78 Å². The van der Waals surface area contributed by atoms with Crippen LogP contribution in [0.15, 0.2) is 54.6 Å². The van der Waals surface area contributed by atoms with E-state index in [1.54, 1.807) is 12.1 Å². The number of aromatic amines is 1. The fraction of sp³-hybridized carbons (Fsp3) is 0. The molecule has 0 saturated carbocycles. The van der Waals surface area contributed by atoms with Gasteiger partial charge in [-0.05, 0) is 24.3 Å². The van der Waals surface area contributed by atoms with Crippen LogP contribution in [0.4, 0.5) is 4.39 Å². The first-order valence-corrected chi connectivity index (χ1v) is 5.62. The molecule has 0 aliphatic rings. The number of fused-ring (bicyclic) bond motifs is 1. The summed E-state index contributed by atoms with van der Waals surface area (Å²) in [6.45, 7) is 0. The molecule has 3 rings (SSSR count). The van der Waals surface area contributed by atoms with E-state index in [1.807, 2.05) is 24.3 Å². The second-order valence-electron chi connectivity index (χ2n) is 4.11. The van der Waals surface area contributed by atoms with Gasteiger partial charge in [-0.2, -0.15) is 0 Å². The molecule has 18 heavy (non-hydrogen) atoms. The number of halogens is 1. The summed E-state index contributed by atoms with van der Waals surface area (Å²) in [6, 6.07) is 15.1. The molecule has 0 spiro atoms. The van der Waals surface area contributed by atoms with Crippen molar-refractivity contribution >= 4 is 16.7 Å². The van der Waals surface area contributed by atoms with Crippen molar-refractivity contribution in [3.05, 3.63) is 71.7 Å². The van der Waals surface area contributed by atoms with E-state index in [9.17, 15) is 9.18 Å². The highest BCUT2D eigenvalue weighted by Crippen LogP contribution is 2.17. The Morgan fingerprint density at radius 1 is 1.00 bits per heavy atom. The van der Waals surface area contributed by atoms with Crippen molar-refractivity contribution < 1.29 is 9.18 Å². The summed E-state index contributed by atoms with van der Waals surface area (Å²) in [5.74, 6) is -0.609. The van der Waals surface area contributed by atoms with Crippen LogP contribution >= 0.6 is 0 Å². The Balaban J connectivity index is 2.06. The van der Waals surface area contributed by atoms with Gasteiger partial charge in [0.25, 0.3) is 0 Å². The minimum absolute atomic E-state index is 0.203. The molecule has 0 bridgehead atoms. The fourth-order valence-electron chi connectivity index (χ4n) is 1.98. The molecule has 0 unspecified atom stereocenters. The Morgan fingerprint density at radius 3 is 2.61 bits per heavy atom. The quantitative estimate of drug-likeness (QED) is 0.682. The number of rotatable bonds is 2. The third-order valence-electron chi connectivity index (χ3n) is 2.86. The molecule has 3 heteroatoms. The van der Waals surface area contributed by atoms with Crippen LogP contribution in [0, 0.1) is 5.82 Å². The molecule has 1 aromatic heterocycles. The third-order valence-corrected chi connectivity index (χ3v) is 2.86. The van der Waals surface area contributed by atoms with Crippen LogP contribution < -0.4 is 0 Å². The van der Waals surface area contributed by atoms with Gasteiger partial charge < -0.3 is 4.98 Å². The van der Waals surface area contributed by atoms with E-state index in [4.69, 9.17) is 0 Å². The van der Waals surface area contributed by atoms with Gasteiger partial charge in [0.15, 0.2) is 0 Å². The number of para-hydroxylation sites is 1. The van der Waals surface area contributed by atoms with E-state index in [0.29, 0.717) is 11.3 Å². The lowest BCUT2D eigenvalue weighted by molar-refractivity contribution is 0.103. The van der Waals surface area contributed by atoms with Crippen LogP contribution in [0.1, 0.15) is 16.1 Å². The average Bonchev–Trinajstić information content (AvgIpc) is 2.81. The van der Waals surface area contributed by atoms with Crippen molar-refractivity contribution in [1.29, 1.82) is 0 Å². The molecule has 0 aliphatic carbocycles.